The Morgan fingerprint density at radius 2 is 2.10 bits per heavy atom. The molecule has 0 unspecified atom stereocenters. The van der Waals surface area contributed by atoms with Crippen LogP contribution in [-0.4, -0.2) is 49.5 Å². The lowest BCUT2D eigenvalue weighted by Crippen LogP contribution is -2.41. The highest BCUT2D eigenvalue weighted by molar-refractivity contribution is 5.26. The summed E-state index contributed by atoms with van der Waals surface area (Å²) in [4.78, 5) is 2.40. The first-order valence-corrected chi connectivity index (χ1v) is 7.80. The summed E-state index contributed by atoms with van der Waals surface area (Å²) in [6.45, 7) is 6.32. The van der Waals surface area contributed by atoms with Gasteiger partial charge < -0.3 is 19.5 Å². The van der Waals surface area contributed by atoms with E-state index >= 15 is 0 Å². The van der Waals surface area contributed by atoms with Crippen molar-refractivity contribution in [3.05, 3.63) is 29.8 Å². The monoisotopic (exact) mass is 293 g/mol. The minimum Gasteiger partial charge on any atom is -0.497 e. The Morgan fingerprint density at radius 3 is 2.76 bits per heavy atom. The highest BCUT2D eigenvalue weighted by Gasteiger charge is 2.22. The van der Waals surface area contributed by atoms with Crippen molar-refractivity contribution in [1.82, 2.24) is 4.90 Å². The van der Waals surface area contributed by atoms with Gasteiger partial charge in [-0.3, -0.25) is 0 Å². The molecule has 4 nitrogen and oxygen atoms in total. The maximum absolute atomic E-state index is 9.69. The molecule has 1 aromatic rings. The van der Waals surface area contributed by atoms with Gasteiger partial charge in [0.2, 0.25) is 0 Å². The molecular weight excluding hydrogens is 266 g/mol. The minimum atomic E-state index is -0.201. The van der Waals surface area contributed by atoms with E-state index in [1.807, 2.05) is 31.2 Å². The van der Waals surface area contributed by atoms with Crippen LogP contribution >= 0.6 is 0 Å². The second-order valence-corrected chi connectivity index (χ2v) is 5.84. The van der Waals surface area contributed by atoms with Crippen molar-refractivity contribution in [1.29, 1.82) is 0 Å². The first kappa shape index (κ1) is 16.3. The highest BCUT2D eigenvalue weighted by atomic mass is 16.5. The van der Waals surface area contributed by atoms with E-state index in [0.29, 0.717) is 12.5 Å². The number of methoxy groups -OCH3 is 1. The smallest absolute Gasteiger partial charge is 0.118 e. The largest absolute Gasteiger partial charge is 0.497 e. The Labute approximate surface area is 127 Å². The van der Waals surface area contributed by atoms with Gasteiger partial charge in [0.15, 0.2) is 0 Å². The van der Waals surface area contributed by atoms with Crippen LogP contribution in [0.4, 0.5) is 0 Å². The number of aliphatic hydroxyl groups excluding tert-OH is 1. The van der Waals surface area contributed by atoms with Crippen LogP contribution in [-0.2, 0) is 11.3 Å². The van der Waals surface area contributed by atoms with Crippen LogP contribution in [0, 0.1) is 5.92 Å². The highest BCUT2D eigenvalue weighted by Crippen LogP contribution is 2.19. The molecule has 1 aliphatic heterocycles. The quantitative estimate of drug-likeness (QED) is 0.783. The van der Waals surface area contributed by atoms with E-state index in [2.05, 4.69) is 4.90 Å². The fraction of sp³-hybridized carbons (Fsp3) is 0.647. The Morgan fingerprint density at radius 1 is 1.33 bits per heavy atom. The second-order valence-electron chi connectivity index (χ2n) is 5.84. The average Bonchev–Trinajstić information content (AvgIpc) is 2.52. The van der Waals surface area contributed by atoms with Crippen LogP contribution in [0.15, 0.2) is 24.3 Å². The fourth-order valence-electron chi connectivity index (χ4n) is 2.79. The maximum atomic E-state index is 9.69. The summed E-state index contributed by atoms with van der Waals surface area (Å²) >= 11 is 0. The molecule has 4 heteroatoms. The molecule has 1 N–H and O–H groups in total. The normalized spacial score (nSPS) is 21.2. The molecule has 0 aromatic heterocycles. The summed E-state index contributed by atoms with van der Waals surface area (Å²) in [5.74, 6) is 1.29. The van der Waals surface area contributed by atoms with Gasteiger partial charge in [0, 0.05) is 13.1 Å². The van der Waals surface area contributed by atoms with Gasteiger partial charge in [0.1, 0.15) is 5.75 Å². The lowest BCUT2D eigenvalue weighted by molar-refractivity contribution is 0.0398. The van der Waals surface area contributed by atoms with Crippen molar-refractivity contribution < 1.29 is 14.6 Å². The van der Waals surface area contributed by atoms with Crippen LogP contribution in [0.5, 0.6) is 5.75 Å². The van der Waals surface area contributed by atoms with Crippen LogP contribution in [0.3, 0.4) is 0 Å². The zero-order valence-electron chi connectivity index (χ0n) is 13.1. The first-order valence-electron chi connectivity index (χ1n) is 7.80. The summed E-state index contributed by atoms with van der Waals surface area (Å²) in [7, 11) is 1.67. The minimum absolute atomic E-state index is 0.201. The molecule has 2 atom stereocenters. The maximum Gasteiger partial charge on any atom is 0.118 e. The Balaban J connectivity index is 1.64. The molecule has 0 spiro atoms. The summed E-state index contributed by atoms with van der Waals surface area (Å²) < 4.78 is 10.9. The number of likely N-dealkylation sites (tertiary alicyclic amines) is 1. The summed E-state index contributed by atoms with van der Waals surface area (Å²) in [6, 6.07) is 7.97. The zero-order chi connectivity index (χ0) is 15.1. The van der Waals surface area contributed by atoms with Crippen LogP contribution in [0.2, 0.25) is 0 Å². The standard InChI is InChI=1S/C17H27NO3/c1-14(19)16-4-3-9-18(12-16)10-11-21-13-15-5-7-17(20-2)8-6-15/h5-8,14,16,19H,3-4,9-13H2,1-2H3/t14-,16-/m0/s1. The van der Waals surface area contributed by atoms with E-state index in [-0.39, 0.29) is 6.10 Å². The van der Waals surface area contributed by atoms with E-state index < -0.39 is 0 Å². The number of nitrogens with zero attached hydrogens (tertiary/aromatic N) is 1. The molecule has 118 valence electrons. The molecule has 1 aromatic carbocycles. The van der Waals surface area contributed by atoms with Gasteiger partial charge >= 0.3 is 0 Å². The fourth-order valence-corrected chi connectivity index (χ4v) is 2.79. The summed E-state index contributed by atoms with van der Waals surface area (Å²) in [5.41, 5.74) is 1.16. The Kier molecular flexibility index (Phi) is 6.49. The average molecular weight is 293 g/mol. The SMILES string of the molecule is COc1ccc(COCCN2CCC[C@H]([C@H](C)O)C2)cc1. The molecule has 0 saturated carbocycles. The molecular formula is C17H27NO3. The van der Waals surface area contributed by atoms with Gasteiger partial charge in [-0.25, -0.2) is 0 Å². The first-order chi connectivity index (χ1) is 10.2. The third-order valence-electron chi connectivity index (χ3n) is 4.20. The van der Waals surface area contributed by atoms with E-state index in [1.54, 1.807) is 7.11 Å². The predicted octanol–water partition coefficient (Wildman–Crippen LogP) is 2.30. The van der Waals surface area contributed by atoms with Crippen LogP contribution < -0.4 is 4.74 Å². The Hall–Kier alpha value is -1.10. The zero-order valence-corrected chi connectivity index (χ0v) is 13.1. The number of hydrogen-bond acceptors (Lipinski definition) is 4. The molecule has 21 heavy (non-hydrogen) atoms. The van der Waals surface area contributed by atoms with Crippen molar-refractivity contribution >= 4 is 0 Å². The van der Waals surface area contributed by atoms with Crippen molar-refractivity contribution in [2.24, 2.45) is 5.92 Å². The number of ether oxygens (including phenoxy) is 2. The number of rotatable bonds is 7. The Bertz CT molecular complexity index is 405. The van der Waals surface area contributed by atoms with Gasteiger partial charge in [-0.15, -0.1) is 0 Å². The van der Waals surface area contributed by atoms with Gasteiger partial charge in [-0.2, -0.15) is 0 Å². The number of piperidine rings is 1. The lowest BCUT2D eigenvalue weighted by Gasteiger charge is -2.33. The van der Waals surface area contributed by atoms with E-state index in [1.165, 1.54) is 6.42 Å². The van der Waals surface area contributed by atoms with Crippen LogP contribution in [0.1, 0.15) is 25.3 Å². The van der Waals surface area contributed by atoms with Gasteiger partial charge in [0.05, 0.1) is 26.4 Å². The number of aliphatic hydroxyl groups is 1. The van der Waals surface area contributed by atoms with E-state index in [0.717, 1.165) is 44.0 Å². The van der Waals surface area contributed by atoms with Crippen molar-refractivity contribution in [2.45, 2.75) is 32.5 Å². The summed E-state index contributed by atoms with van der Waals surface area (Å²) in [6.07, 6.45) is 2.11. The molecule has 0 radical (unpaired) electrons. The van der Waals surface area contributed by atoms with Crippen LogP contribution in [0.25, 0.3) is 0 Å². The molecule has 1 heterocycles. The molecule has 1 fully saturated rings. The molecule has 1 saturated heterocycles. The predicted molar refractivity (Wildman–Crippen MR) is 83.5 cm³/mol. The van der Waals surface area contributed by atoms with Gasteiger partial charge in [-0.1, -0.05) is 12.1 Å². The molecule has 0 aliphatic carbocycles. The lowest BCUT2D eigenvalue weighted by atomic mass is 9.93. The molecule has 1 aliphatic rings. The summed E-state index contributed by atoms with van der Waals surface area (Å²) in [5, 5.41) is 9.69. The van der Waals surface area contributed by atoms with Gasteiger partial charge in [0.25, 0.3) is 0 Å². The van der Waals surface area contributed by atoms with E-state index in [4.69, 9.17) is 9.47 Å². The molecule has 0 amide bonds. The third kappa shape index (κ3) is 5.30. The molecule has 0 bridgehead atoms. The van der Waals surface area contributed by atoms with Gasteiger partial charge in [-0.05, 0) is 49.9 Å². The van der Waals surface area contributed by atoms with Crippen molar-refractivity contribution in [2.75, 3.05) is 33.4 Å². The topological polar surface area (TPSA) is 41.9 Å². The van der Waals surface area contributed by atoms with Crippen molar-refractivity contribution in [3.63, 3.8) is 0 Å². The van der Waals surface area contributed by atoms with Crippen molar-refractivity contribution in [3.8, 4) is 5.75 Å². The van der Waals surface area contributed by atoms with E-state index in [9.17, 15) is 5.11 Å². The number of benzene rings is 1. The number of hydrogen-bond donors (Lipinski definition) is 1. The third-order valence-corrected chi connectivity index (χ3v) is 4.20. The molecule has 2 rings (SSSR count). The second kappa shape index (κ2) is 8.37.